The van der Waals surface area contributed by atoms with E-state index in [1.807, 2.05) is 24.3 Å². The number of ether oxygens (including phenoxy) is 1. The molecule has 122 valence electrons. The van der Waals surface area contributed by atoms with Crippen molar-refractivity contribution in [2.45, 2.75) is 0 Å². The topological polar surface area (TPSA) is 26.3 Å². The van der Waals surface area contributed by atoms with Crippen LogP contribution in [0, 0.1) is 0 Å². The van der Waals surface area contributed by atoms with Gasteiger partial charge in [-0.05, 0) is 27.6 Å². The van der Waals surface area contributed by atoms with Crippen LogP contribution in [-0.2, 0) is 4.74 Å². The predicted octanol–water partition coefficient (Wildman–Crippen LogP) is 3.65. The van der Waals surface area contributed by atoms with Gasteiger partial charge in [0.15, 0.2) is 0 Å². The van der Waals surface area contributed by atoms with Crippen molar-refractivity contribution in [3.05, 3.63) is 60.2 Å². The molecule has 3 aromatic rings. The number of hydrogen-bond donors (Lipinski definition) is 0. The minimum absolute atomic E-state index is 0.229. The van der Waals surface area contributed by atoms with E-state index in [9.17, 15) is 4.79 Å². The number of rotatable bonds is 3. The van der Waals surface area contributed by atoms with Crippen molar-refractivity contribution in [2.75, 3.05) is 39.9 Å². The van der Waals surface area contributed by atoms with Crippen LogP contribution in [-0.4, -0.2) is 50.2 Å². The molecule has 0 N–H and O–H groups in total. The van der Waals surface area contributed by atoms with Gasteiger partial charge >= 0.3 is 0 Å². The lowest BCUT2D eigenvalue weighted by molar-refractivity contribution is -0.908. The van der Waals surface area contributed by atoms with Crippen molar-refractivity contribution >= 4 is 27.3 Å². The monoisotopic (exact) mass is 320 g/mol. The third-order valence-corrected chi connectivity index (χ3v) is 5.13. The number of morpholine rings is 1. The van der Waals surface area contributed by atoms with Crippen molar-refractivity contribution in [3.63, 3.8) is 0 Å². The van der Waals surface area contributed by atoms with E-state index >= 15 is 0 Å². The van der Waals surface area contributed by atoms with E-state index in [-0.39, 0.29) is 5.78 Å². The van der Waals surface area contributed by atoms with Gasteiger partial charge in [0, 0.05) is 5.56 Å². The molecule has 3 aromatic carbocycles. The van der Waals surface area contributed by atoms with Crippen LogP contribution in [0.2, 0.25) is 0 Å². The molecule has 4 rings (SSSR count). The molecule has 0 aromatic heterocycles. The van der Waals surface area contributed by atoms with Gasteiger partial charge in [-0.15, -0.1) is 0 Å². The quantitative estimate of drug-likeness (QED) is 0.418. The molecular weight excluding hydrogens is 298 g/mol. The molecular formula is C21H22NO2+. The van der Waals surface area contributed by atoms with Crippen LogP contribution < -0.4 is 0 Å². The summed E-state index contributed by atoms with van der Waals surface area (Å²) in [5, 5.41) is 4.37. The van der Waals surface area contributed by atoms with Crippen LogP contribution in [0.4, 0.5) is 0 Å². The van der Waals surface area contributed by atoms with Crippen molar-refractivity contribution in [1.82, 2.24) is 0 Å². The summed E-state index contributed by atoms with van der Waals surface area (Å²) in [4.78, 5) is 13.3. The van der Waals surface area contributed by atoms with Crippen molar-refractivity contribution in [2.24, 2.45) is 0 Å². The molecule has 0 atom stereocenters. The summed E-state index contributed by atoms with van der Waals surface area (Å²) in [5.41, 5.74) is 0.870. The molecule has 1 saturated heterocycles. The second-order valence-corrected chi connectivity index (χ2v) is 6.95. The fourth-order valence-electron chi connectivity index (χ4n) is 3.68. The summed E-state index contributed by atoms with van der Waals surface area (Å²) >= 11 is 0. The third-order valence-electron chi connectivity index (χ3n) is 5.13. The second kappa shape index (κ2) is 6.00. The van der Waals surface area contributed by atoms with E-state index in [0.717, 1.165) is 57.9 Å². The number of hydrogen-bond acceptors (Lipinski definition) is 2. The van der Waals surface area contributed by atoms with Gasteiger partial charge in [0.1, 0.15) is 19.6 Å². The van der Waals surface area contributed by atoms with Crippen LogP contribution in [0.1, 0.15) is 10.4 Å². The molecule has 0 amide bonds. The Morgan fingerprint density at radius 1 is 0.958 bits per heavy atom. The zero-order valence-corrected chi connectivity index (χ0v) is 14.0. The number of fused-ring (bicyclic) bond motifs is 2. The maximum Gasteiger partial charge on any atom is 0.218 e. The first-order valence-corrected chi connectivity index (χ1v) is 8.51. The fraction of sp³-hybridized carbons (Fsp3) is 0.286. The van der Waals surface area contributed by atoms with Gasteiger partial charge in [0.2, 0.25) is 5.78 Å². The first-order valence-electron chi connectivity index (χ1n) is 8.51. The minimum Gasteiger partial charge on any atom is -0.370 e. The highest BCUT2D eigenvalue weighted by atomic mass is 16.5. The Hall–Kier alpha value is -2.23. The smallest absolute Gasteiger partial charge is 0.218 e. The molecule has 1 fully saturated rings. The number of Topliss-reactive ketones (excluding diaryl/α,β-unsaturated/α-hetero) is 1. The third kappa shape index (κ3) is 2.70. The molecule has 0 saturated carbocycles. The van der Waals surface area contributed by atoms with E-state index in [2.05, 4.69) is 37.4 Å². The summed E-state index contributed by atoms with van der Waals surface area (Å²) in [6.45, 7) is 3.80. The molecule has 1 aliphatic rings. The molecule has 0 radical (unpaired) electrons. The van der Waals surface area contributed by atoms with Gasteiger partial charge in [-0.1, -0.05) is 48.5 Å². The van der Waals surface area contributed by atoms with Gasteiger partial charge in [0.05, 0.1) is 20.3 Å². The Bertz CT molecular complexity index is 856. The molecule has 1 heterocycles. The average molecular weight is 320 g/mol. The number of carbonyl (C=O) groups is 1. The lowest BCUT2D eigenvalue weighted by atomic mass is 9.94. The first-order chi connectivity index (χ1) is 11.7. The van der Waals surface area contributed by atoms with Crippen molar-refractivity contribution < 1.29 is 14.0 Å². The zero-order valence-electron chi connectivity index (χ0n) is 14.0. The van der Waals surface area contributed by atoms with Gasteiger partial charge < -0.3 is 9.22 Å². The number of quaternary nitrogens is 1. The van der Waals surface area contributed by atoms with Crippen LogP contribution in [0.5, 0.6) is 0 Å². The molecule has 24 heavy (non-hydrogen) atoms. The summed E-state index contributed by atoms with van der Waals surface area (Å²) in [5.74, 6) is 0.229. The van der Waals surface area contributed by atoms with E-state index in [4.69, 9.17) is 4.74 Å². The maximum atomic E-state index is 13.3. The largest absolute Gasteiger partial charge is 0.370 e. The van der Waals surface area contributed by atoms with E-state index < -0.39 is 0 Å². The highest BCUT2D eigenvalue weighted by Gasteiger charge is 2.30. The van der Waals surface area contributed by atoms with Gasteiger partial charge in [-0.2, -0.15) is 0 Å². The number of ketones is 1. The highest BCUT2D eigenvalue weighted by molar-refractivity contribution is 6.19. The number of carbonyl (C=O) groups excluding carboxylic acids is 1. The van der Waals surface area contributed by atoms with Gasteiger partial charge in [0.25, 0.3) is 0 Å². The molecule has 0 aliphatic carbocycles. The normalized spacial score (nSPS) is 17.2. The Morgan fingerprint density at radius 2 is 1.50 bits per heavy atom. The fourth-order valence-corrected chi connectivity index (χ4v) is 3.68. The summed E-state index contributed by atoms with van der Waals surface area (Å²) < 4.78 is 6.23. The number of likely N-dealkylation sites (N-methyl/N-ethyl adjacent to an activating group) is 1. The van der Waals surface area contributed by atoms with Gasteiger partial charge in [-0.3, -0.25) is 4.79 Å². The molecule has 0 bridgehead atoms. The van der Waals surface area contributed by atoms with E-state index in [1.54, 1.807) is 0 Å². The van der Waals surface area contributed by atoms with Gasteiger partial charge in [-0.25, -0.2) is 0 Å². The standard InChI is InChI=1S/C21H22NO2/c1-22(10-12-24-13-11-22)15-20(23)21-18-8-4-2-6-16(18)14-17-7-3-5-9-19(17)21/h2-9,14H,10-13,15H2,1H3/q+1. The van der Waals surface area contributed by atoms with Crippen LogP contribution in [0.25, 0.3) is 21.5 Å². The average Bonchev–Trinajstić information content (AvgIpc) is 2.59. The SMILES string of the molecule is C[N+]1(CC(=O)c2c3ccccc3cc3ccccc23)CCOCC1. The summed E-state index contributed by atoms with van der Waals surface area (Å²) in [6.07, 6.45) is 0. The van der Waals surface area contributed by atoms with Crippen LogP contribution >= 0.6 is 0 Å². The van der Waals surface area contributed by atoms with E-state index in [0.29, 0.717) is 6.54 Å². The lowest BCUT2D eigenvalue weighted by Gasteiger charge is -2.37. The van der Waals surface area contributed by atoms with Crippen molar-refractivity contribution in [3.8, 4) is 0 Å². The minimum atomic E-state index is 0.229. The highest BCUT2D eigenvalue weighted by Crippen LogP contribution is 2.29. The van der Waals surface area contributed by atoms with Crippen LogP contribution in [0.3, 0.4) is 0 Å². The molecule has 3 nitrogen and oxygen atoms in total. The Balaban J connectivity index is 1.85. The van der Waals surface area contributed by atoms with Crippen molar-refractivity contribution in [1.29, 1.82) is 0 Å². The second-order valence-electron chi connectivity index (χ2n) is 6.95. The molecule has 0 spiro atoms. The Kier molecular flexibility index (Phi) is 3.83. The first kappa shape index (κ1) is 15.3. The lowest BCUT2D eigenvalue weighted by Crippen LogP contribution is -2.54. The molecule has 1 aliphatic heterocycles. The maximum absolute atomic E-state index is 13.3. The Labute approximate surface area is 142 Å². The predicted molar refractivity (Wildman–Crippen MR) is 97.4 cm³/mol. The molecule has 0 unspecified atom stereocenters. The Morgan fingerprint density at radius 3 is 2.08 bits per heavy atom. The summed E-state index contributed by atoms with van der Waals surface area (Å²) in [7, 11) is 2.16. The zero-order chi connectivity index (χ0) is 16.6. The summed E-state index contributed by atoms with van der Waals surface area (Å²) in [6, 6.07) is 18.6. The van der Waals surface area contributed by atoms with Crippen LogP contribution in [0.15, 0.2) is 54.6 Å². The van der Waals surface area contributed by atoms with E-state index in [1.165, 1.54) is 0 Å². The number of nitrogens with zero attached hydrogens (tertiary/aromatic N) is 1. The number of benzene rings is 3. The molecule has 3 heteroatoms.